The summed E-state index contributed by atoms with van der Waals surface area (Å²) in [4.78, 5) is 25.6. The predicted molar refractivity (Wildman–Crippen MR) is 50.9 cm³/mol. The molecule has 76 valence electrons. The molecule has 5 nitrogen and oxygen atoms in total. The molecule has 0 spiro atoms. The van der Waals surface area contributed by atoms with Crippen LogP contribution in [0, 0.1) is 0 Å². The van der Waals surface area contributed by atoms with Crippen LogP contribution in [0.15, 0.2) is 0 Å². The van der Waals surface area contributed by atoms with Gasteiger partial charge in [0.2, 0.25) is 5.91 Å². The van der Waals surface area contributed by atoms with Crippen molar-refractivity contribution in [1.82, 2.24) is 5.48 Å². The number of carbonyl (C=O) groups excluding carboxylic acids is 2. The van der Waals surface area contributed by atoms with Gasteiger partial charge in [-0.3, -0.25) is 14.4 Å². The molecule has 0 aromatic rings. The SMILES string of the molecule is CC(C)SCC(=O)NOCC(N)=O. The maximum atomic E-state index is 10.9. The van der Waals surface area contributed by atoms with E-state index in [4.69, 9.17) is 5.73 Å². The molecule has 0 aliphatic carbocycles. The van der Waals surface area contributed by atoms with Crippen LogP contribution >= 0.6 is 11.8 Å². The number of nitrogens with two attached hydrogens (primary N) is 1. The second-order valence-electron chi connectivity index (χ2n) is 2.64. The number of amides is 2. The van der Waals surface area contributed by atoms with Crippen molar-refractivity contribution in [1.29, 1.82) is 0 Å². The normalized spacial score (nSPS) is 10.1. The largest absolute Gasteiger partial charge is 0.368 e. The van der Waals surface area contributed by atoms with Gasteiger partial charge in [-0.2, -0.15) is 0 Å². The number of thioether (sulfide) groups is 1. The Morgan fingerprint density at radius 2 is 2.15 bits per heavy atom. The van der Waals surface area contributed by atoms with Gasteiger partial charge in [0.1, 0.15) is 0 Å². The van der Waals surface area contributed by atoms with E-state index < -0.39 is 5.91 Å². The van der Waals surface area contributed by atoms with E-state index in [1.54, 1.807) is 0 Å². The highest BCUT2D eigenvalue weighted by atomic mass is 32.2. The lowest BCUT2D eigenvalue weighted by Crippen LogP contribution is -2.30. The Hall–Kier alpha value is -0.750. The molecule has 0 unspecified atom stereocenters. The Labute approximate surface area is 81.3 Å². The molecular weight excluding hydrogens is 192 g/mol. The van der Waals surface area contributed by atoms with Crippen LogP contribution in [-0.2, 0) is 14.4 Å². The molecule has 0 fully saturated rings. The molecule has 0 bridgehead atoms. The molecule has 0 aromatic carbocycles. The van der Waals surface area contributed by atoms with Crippen molar-refractivity contribution >= 4 is 23.6 Å². The van der Waals surface area contributed by atoms with E-state index in [1.807, 2.05) is 13.8 Å². The third kappa shape index (κ3) is 9.16. The molecule has 0 saturated carbocycles. The highest BCUT2D eigenvalue weighted by molar-refractivity contribution is 8.00. The van der Waals surface area contributed by atoms with Crippen molar-refractivity contribution < 1.29 is 14.4 Å². The van der Waals surface area contributed by atoms with Crippen molar-refractivity contribution in [3.8, 4) is 0 Å². The molecular formula is C7H14N2O3S. The van der Waals surface area contributed by atoms with Gasteiger partial charge < -0.3 is 5.73 Å². The lowest BCUT2D eigenvalue weighted by atomic mass is 10.6. The topological polar surface area (TPSA) is 81.4 Å². The van der Waals surface area contributed by atoms with Gasteiger partial charge in [-0.05, 0) is 5.25 Å². The maximum Gasteiger partial charge on any atom is 0.253 e. The first-order valence-corrected chi connectivity index (χ1v) is 4.87. The number of hydrogen-bond donors (Lipinski definition) is 2. The third-order valence-electron chi connectivity index (χ3n) is 0.948. The summed E-state index contributed by atoms with van der Waals surface area (Å²) in [6, 6.07) is 0. The average molecular weight is 206 g/mol. The van der Waals surface area contributed by atoms with Crippen molar-refractivity contribution in [3.63, 3.8) is 0 Å². The number of rotatable bonds is 6. The Kier molecular flexibility index (Phi) is 6.34. The molecule has 2 amide bonds. The highest BCUT2D eigenvalue weighted by Gasteiger charge is 2.03. The van der Waals surface area contributed by atoms with Gasteiger partial charge in [-0.25, -0.2) is 5.48 Å². The van der Waals surface area contributed by atoms with Gasteiger partial charge in [0.05, 0.1) is 5.75 Å². The smallest absolute Gasteiger partial charge is 0.253 e. The minimum absolute atomic E-state index is 0.264. The van der Waals surface area contributed by atoms with Crippen LogP contribution in [0.4, 0.5) is 0 Å². The first-order valence-electron chi connectivity index (χ1n) is 3.83. The third-order valence-corrected chi connectivity index (χ3v) is 2.04. The highest BCUT2D eigenvalue weighted by Crippen LogP contribution is 2.07. The summed E-state index contributed by atoms with van der Waals surface area (Å²) in [7, 11) is 0. The summed E-state index contributed by atoms with van der Waals surface area (Å²) in [6.45, 7) is 3.68. The lowest BCUT2D eigenvalue weighted by molar-refractivity contribution is -0.135. The van der Waals surface area contributed by atoms with Crippen LogP contribution in [0.25, 0.3) is 0 Å². The molecule has 0 aliphatic heterocycles. The summed E-state index contributed by atoms with van der Waals surface area (Å²) in [6.07, 6.45) is 0. The number of nitrogens with one attached hydrogen (secondary N) is 1. The van der Waals surface area contributed by atoms with E-state index in [2.05, 4.69) is 10.3 Å². The van der Waals surface area contributed by atoms with E-state index in [9.17, 15) is 9.59 Å². The van der Waals surface area contributed by atoms with Crippen molar-refractivity contribution in [3.05, 3.63) is 0 Å². The van der Waals surface area contributed by atoms with Gasteiger partial charge >= 0.3 is 0 Å². The van der Waals surface area contributed by atoms with E-state index >= 15 is 0 Å². The van der Waals surface area contributed by atoms with Crippen LogP contribution in [0.5, 0.6) is 0 Å². The van der Waals surface area contributed by atoms with E-state index in [-0.39, 0.29) is 12.5 Å². The summed E-state index contributed by atoms with van der Waals surface area (Å²) in [5.74, 6) is -0.562. The van der Waals surface area contributed by atoms with Crippen molar-refractivity contribution in [2.45, 2.75) is 19.1 Å². The molecule has 0 radical (unpaired) electrons. The van der Waals surface area contributed by atoms with Gasteiger partial charge in [0.25, 0.3) is 5.91 Å². The van der Waals surface area contributed by atoms with Crippen LogP contribution in [-0.4, -0.2) is 29.4 Å². The Morgan fingerprint density at radius 1 is 1.54 bits per heavy atom. The minimum atomic E-state index is -0.614. The van der Waals surface area contributed by atoms with Crippen LogP contribution < -0.4 is 11.2 Å². The number of carbonyl (C=O) groups is 2. The molecule has 0 atom stereocenters. The zero-order valence-corrected chi connectivity index (χ0v) is 8.52. The number of primary amides is 1. The van der Waals surface area contributed by atoms with Crippen LogP contribution in [0.1, 0.15) is 13.8 Å². The molecule has 13 heavy (non-hydrogen) atoms. The second kappa shape index (κ2) is 6.73. The fourth-order valence-electron chi connectivity index (χ4n) is 0.460. The Balaban J connectivity index is 3.35. The van der Waals surface area contributed by atoms with Crippen molar-refractivity contribution in [2.24, 2.45) is 5.73 Å². The second-order valence-corrected chi connectivity index (χ2v) is 4.20. The Bertz CT molecular complexity index is 185. The number of hydrogen-bond acceptors (Lipinski definition) is 4. The van der Waals surface area contributed by atoms with E-state index in [0.717, 1.165) is 0 Å². The molecule has 0 aromatic heterocycles. The van der Waals surface area contributed by atoms with Crippen LogP contribution in [0.3, 0.4) is 0 Å². The summed E-state index contributed by atoms with van der Waals surface area (Å²) in [5, 5.41) is 0.391. The standard InChI is InChI=1S/C7H14N2O3S/c1-5(2)13-4-7(11)9-12-3-6(8)10/h5H,3-4H2,1-2H3,(H2,8,10)(H,9,11). The zero-order valence-electron chi connectivity index (χ0n) is 7.70. The summed E-state index contributed by atoms with van der Waals surface area (Å²) in [5.41, 5.74) is 6.89. The van der Waals surface area contributed by atoms with Gasteiger partial charge in [0.15, 0.2) is 6.61 Å². The molecule has 6 heteroatoms. The molecule has 0 rings (SSSR count). The molecule has 0 heterocycles. The monoisotopic (exact) mass is 206 g/mol. The quantitative estimate of drug-likeness (QED) is 0.583. The Morgan fingerprint density at radius 3 is 2.62 bits per heavy atom. The fourth-order valence-corrected chi connectivity index (χ4v) is 1.00. The van der Waals surface area contributed by atoms with E-state index in [1.165, 1.54) is 11.8 Å². The van der Waals surface area contributed by atoms with E-state index in [0.29, 0.717) is 11.0 Å². The van der Waals surface area contributed by atoms with Gasteiger partial charge in [-0.1, -0.05) is 13.8 Å². The van der Waals surface area contributed by atoms with Gasteiger partial charge in [-0.15, -0.1) is 11.8 Å². The number of hydroxylamine groups is 1. The summed E-state index contributed by atoms with van der Waals surface area (Å²) >= 11 is 1.49. The molecule has 3 N–H and O–H groups in total. The van der Waals surface area contributed by atoms with Crippen LogP contribution in [0.2, 0.25) is 0 Å². The summed E-state index contributed by atoms with van der Waals surface area (Å²) < 4.78 is 0. The first-order chi connectivity index (χ1) is 6.02. The van der Waals surface area contributed by atoms with Gasteiger partial charge in [0, 0.05) is 0 Å². The first kappa shape index (κ1) is 12.2. The molecule has 0 aliphatic rings. The molecule has 0 saturated heterocycles. The average Bonchev–Trinajstić information content (AvgIpc) is 2.00. The predicted octanol–water partition coefficient (Wildman–Crippen LogP) is -0.339. The van der Waals surface area contributed by atoms with Crippen molar-refractivity contribution in [2.75, 3.05) is 12.4 Å². The lowest BCUT2D eigenvalue weighted by Gasteiger charge is -2.05. The fraction of sp³-hybridized carbons (Fsp3) is 0.714. The maximum absolute atomic E-state index is 10.9. The zero-order chi connectivity index (χ0) is 10.3. The minimum Gasteiger partial charge on any atom is -0.368 e.